The number of rotatable bonds is 7. The first-order valence-corrected chi connectivity index (χ1v) is 12.4. The Morgan fingerprint density at radius 3 is 2.44 bits per heavy atom. The largest absolute Gasteiger partial charge is 0.467 e. The fraction of sp³-hybridized carbons (Fsp3) is 0.280. The second kappa shape index (κ2) is 11.3. The number of halogens is 1. The van der Waals surface area contributed by atoms with Crippen LogP contribution in [0.25, 0.3) is 22.5 Å². The first kappa shape index (κ1) is 25.8. The predicted octanol–water partition coefficient (Wildman–Crippen LogP) is 4.16. The molecule has 5 rings (SSSR count). The maximum atomic E-state index is 12.2. The van der Waals surface area contributed by atoms with E-state index in [1.807, 2.05) is 0 Å². The Morgan fingerprint density at radius 1 is 1.10 bits per heavy atom. The van der Waals surface area contributed by atoms with Crippen LogP contribution in [0.2, 0.25) is 5.02 Å². The summed E-state index contributed by atoms with van der Waals surface area (Å²) in [5.74, 6) is 0.710. The Balaban J connectivity index is 1.25. The molecule has 4 aromatic rings. The summed E-state index contributed by atoms with van der Waals surface area (Å²) >= 11 is 6.17. The lowest BCUT2D eigenvalue weighted by molar-refractivity contribution is 0.195. The number of hydrogen-bond donors (Lipinski definition) is 3. The van der Waals surface area contributed by atoms with Gasteiger partial charge in [0, 0.05) is 41.8 Å². The number of hydrogen-bond acceptors (Lipinski definition) is 10. The summed E-state index contributed by atoms with van der Waals surface area (Å²) in [5.41, 5.74) is 2.58. The Hall–Kier alpha value is -4.83. The van der Waals surface area contributed by atoms with Gasteiger partial charge in [-0.3, -0.25) is 10.00 Å². The molecule has 13 nitrogen and oxygen atoms in total. The molecule has 1 fully saturated rings. The van der Waals surface area contributed by atoms with Crippen molar-refractivity contribution in [1.29, 1.82) is 5.26 Å². The maximum absolute atomic E-state index is 12.2. The highest BCUT2D eigenvalue weighted by molar-refractivity contribution is 6.32. The number of methoxy groups -OCH3 is 1. The summed E-state index contributed by atoms with van der Waals surface area (Å²) in [6.45, 7) is 0. The van der Waals surface area contributed by atoms with Crippen LogP contribution in [-0.2, 0) is 0 Å². The monoisotopic (exact) mass is 546 g/mol. The van der Waals surface area contributed by atoms with Crippen molar-refractivity contribution in [2.45, 2.75) is 37.8 Å². The smallest absolute Gasteiger partial charge is 0.413 e. The molecule has 0 aromatic carbocycles. The topological polar surface area (TPSA) is 179 Å². The summed E-state index contributed by atoms with van der Waals surface area (Å²) in [6, 6.07) is 5.60. The van der Waals surface area contributed by atoms with Crippen LogP contribution >= 0.6 is 11.6 Å². The van der Waals surface area contributed by atoms with E-state index in [1.54, 1.807) is 30.7 Å². The van der Waals surface area contributed by atoms with Crippen LogP contribution in [0, 0.1) is 11.3 Å². The van der Waals surface area contributed by atoms with Gasteiger partial charge in [0.05, 0.1) is 30.1 Å². The molecule has 1 aliphatic rings. The number of pyridine rings is 1. The lowest BCUT2D eigenvalue weighted by atomic mass is 9.90. The second-order valence-electron chi connectivity index (χ2n) is 8.83. The summed E-state index contributed by atoms with van der Waals surface area (Å²) in [6.07, 6.45) is 9.30. The second-order valence-corrected chi connectivity index (χ2v) is 9.23. The quantitative estimate of drug-likeness (QED) is 0.303. The summed E-state index contributed by atoms with van der Waals surface area (Å²) in [7, 11) is 1.49. The van der Waals surface area contributed by atoms with Crippen LogP contribution in [0.15, 0.2) is 43.1 Å². The highest BCUT2D eigenvalue weighted by atomic mass is 35.5. The van der Waals surface area contributed by atoms with Gasteiger partial charge in [0.1, 0.15) is 23.3 Å². The van der Waals surface area contributed by atoms with Crippen LogP contribution < -0.4 is 15.0 Å². The Kier molecular flexibility index (Phi) is 7.46. The molecule has 0 unspecified atom stereocenters. The number of amides is 1. The number of carboxylic acid groups (broad SMARTS) is 1. The lowest BCUT2D eigenvalue weighted by Crippen LogP contribution is -2.44. The summed E-state index contributed by atoms with van der Waals surface area (Å²) in [5, 5.41) is 29.7. The average molecular weight is 547 g/mol. The fourth-order valence-corrected chi connectivity index (χ4v) is 4.71. The van der Waals surface area contributed by atoms with E-state index in [2.05, 4.69) is 46.5 Å². The molecule has 14 heteroatoms. The molecule has 0 atom stereocenters. The van der Waals surface area contributed by atoms with Crippen LogP contribution in [0.5, 0.6) is 6.01 Å². The molecule has 4 heterocycles. The van der Waals surface area contributed by atoms with E-state index < -0.39 is 6.09 Å². The van der Waals surface area contributed by atoms with Gasteiger partial charge in [-0.05, 0) is 37.8 Å². The normalized spacial score (nSPS) is 16.7. The van der Waals surface area contributed by atoms with E-state index in [-0.39, 0.29) is 23.7 Å². The van der Waals surface area contributed by atoms with Crippen molar-refractivity contribution >= 4 is 29.5 Å². The Bertz CT molecular complexity index is 1500. The fourth-order valence-electron chi connectivity index (χ4n) is 4.53. The molecule has 0 spiro atoms. The number of anilines is 2. The van der Waals surface area contributed by atoms with E-state index in [4.69, 9.17) is 16.3 Å². The minimum atomic E-state index is -1.06. The lowest BCUT2D eigenvalue weighted by Gasteiger charge is -2.35. The van der Waals surface area contributed by atoms with E-state index >= 15 is 0 Å². The third-order valence-electron chi connectivity index (χ3n) is 6.48. The molecule has 0 saturated heterocycles. The third-order valence-corrected chi connectivity index (χ3v) is 6.77. The highest BCUT2D eigenvalue weighted by Crippen LogP contribution is 2.31. The zero-order valence-corrected chi connectivity index (χ0v) is 21.5. The number of H-pyrrole nitrogens is 1. The number of nitrogens with one attached hydrogen (secondary N) is 2. The van der Waals surface area contributed by atoms with Gasteiger partial charge in [-0.2, -0.15) is 10.4 Å². The van der Waals surface area contributed by atoms with Gasteiger partial charge in [-0.25, -0.2) is 29.7 Å². The van der Waals surface area contributed by atoms with E-state index in [9.17, 15) is 15.2 Å². The molecule has 0 aliphatic heterocycles. The van der Waals surface area contributed by atoms with Crippen molar-refractivity contribution in [3.63, 3.8) is 0 Å². The van der Waals surface area contributed by atoms with Crippen molar-refractivity contribution in [2.24, 2.45) is 0 Å². The van der Waals surface area contributed by atoms with Crippen LogP contribution in [0.3, 0.4) is 0 Å². The van der Waals surface area contributed by atoms with Crippen molar-refractivity contribution in [1.82, 2.24) is 35.1 Å². The third kappa shape index (κ3) is 5.55. The number of aromatic amines is 1. The number of aromatic nitrogens is 7. The Morgan fingerprint density at radius 2 is 1.85 bits per heavy atom. The van der Waals surface area contributed by atoms with Gasteiger partial charge in [0.15, 0.2) is 0 Å². The molecule has 0 radical (unpaired) electrons. The van der Waals surface area contributed by atoms with Crippen molar-refractivity contribution in [3.05, 3.63) is 53.7 Å². The molecule has 1 amide bonds. The van der Waals surface area contributed by atoms with E-state index in [0.717, 1.165) is 11.1 Å². The van der Waals surface area contributed by atoms with E-state index in [1.165, 1.54) is 24.4 Å². The first-order valence-electron chi connectivity index (χ1n) is 12.0. The number of nitriles is 1. The number of carbonyl (C=O) groups is 1. The van der Waals surface area contributed by atoms with Crippen molar-refractivity contribution in [2.75, 3.05) is 17.3 Å². The van der Waals surface area contributed by atoms with Gasteiger partial charge in [-0.1, -0.05) is 11.6 Å². The number of ether oxygens (including phenoxy) is 1. The van der Waals surface area contributed by atoms with Gasteiger partial charge < -0.3 is 15.2 Å². The Labute approximate surface area is 227 Å². The molecular formula is C25H23ClN10O3. The van der Waals surface area contributed by atoms with E-state index in [0.29, 0.717) is 53.9 Å². The standard InChI is InChI=1S/C25H23ClN10O3/c1-39-24-30-11-16(12-31-24)14-2-7-20(28-9-14)36(25(37)38)18-5-3-17(4-6-18)33-23-29-10-15(8-27)21(34-23)22-19(26)13-32-35-22/h2,7,9-13,17-18H,3-6H2,1H3,(H,32,35)(H,37,38)(H,29,33,34). The maximum Gasteiger partial charge on any atom is 0.413 e. The zero-order chi connectivity index (χ0) is 27.4. The molecule has 1 aliphatic carbocycles. The van der Waals surface area contributed by atoms with Crippen LogP contribution in [-0.4, -0.2) is 65.5 Å². The molecule has 1 saturated carbocycles. The van der Waals surface area contributed by atoms with Crippen molar-refractivity contribution in [3.8, 4) is 34.6 Å². The van der Waals surface area contributed by atoms with Gasteiger partial charge in [0.2, 0.25) is 5.95 Å². The molecular weight excluding hydrogens is 524 g/mol. The number of nitrogens with zero attached hydrogens (tertiary/aromatic N) is 8. The summed E-state index contributed by atoms with van der Waals surface area (Å²) < 4.78 is 4.98. The highest BCUT2D eigenvalue weighted by Gasteiger charge is 2.31. The van der Waals surface area contributed by atoms with Gasteiger partial charge in [-0.15, -0.1) is 0 Å². The SMILES string of the molecule is COc1ncc(-c2ccc(N(C(=O)O)C3CCC(Nc4ncc(C#N)c(-c5[nH]ncc5Cl)n4)CC3)nc2)cn1. The molecule has 0 bridgehead atoms. The molecule has 198 valence electrons. The minimum Gasteiger partial charge on any atom is -0.467 e. The molecule has 3 N–H and O–H groups in total. The van der Waals surface area contributed by atoms with Gasteiger partial charge >= 0.3 is 12.1 Å². The first-order chi connectivity index (χ1) is 19.0. The molecule has 39 heavy (non-hydrogen) atoms. The van der Waals surface area contributed by atoms with Crippen LogP contribution in [0.4, 0.5) is 16.6 Å². The predicted molar refractivity (Wildman–Crippen MR) is 141 cm³/mol. The average Bonchev–Trinajstić information content (AvgIpc) is 3.40. The van der Waals surface area contributed by atoms with Crippen molar-refractivity contribution < 1.29 is 14.6 Å². The van der Waals surface area contributed by atoms with Crippen LogP contribution in [0.1, 0.15) is 31.2 Å². The molecule has 4 aromatic heterocycles. The van der Waals surface area contributed by atoms with Gasteiger partial charge in [0.25, 0.3) is 0 Å². The summed E-state index contributed by atoms with van der Waals surface area (Å²) in [4.78, 5) is 34.9. The minimum absolute atomic E-state index is 0.0281. The zero-order valence-electron chi connectivity index (χ0n) is 20.7.